The smallest absolute Gasteiger partial charge is 0.418 e. The quantitative estimate of drug-likeness (QED) is 0.392. The number of nitrogens with zero attached hydrogens (tertiary/aromatic N) is 1. The summed E-state index contributed by atoms with van der Waals surface area (Å²) in [7, 11) is -6.00. The van der Waals surface area contributed by atoms with Crippen LogP contribution in [-0.4, -0.2) is 7.25 Å². The number of hydrogen-bond donors (Lipinski definition) is 1. The van der Waals surface area contributed by atoms with Gasteiger partial charge in [-0.25, -0.2) is 0 Å². The highest BCUT2D eigenvalue weighted by molar-refractivity contribution is 6.50. The van der Waals surface area contributed by atoms with Gasteiger partial charge in [-0.3, -0.25) is 0 Å². The standard InChI is InChI=1S/C7H8.BF4.N2/c1-7-5-3-2-4-6-7;2-1(3,4)5;1-2/h2-6H,1H3;;/q;-1;/p+1. The van der Waals surface area contributed by atoms with Gasteiger partial charge in [0.25, 0.3) is 0 Å². The lowest BCUT2D eigenvalue weighted by molar-refractivity contribution is -0.175. The van der Waals surface area contributed by atoms with Crippen LogP contribution < -0.4 is 5.39 Å². The van der Waals surface area contributed by atoms with Gasteiger partial charge in [0.15, 0.2) is 0 Å². The molecule has 0 bridgehead atoms. The average molecular weight is 208 g/mol. The van der Waals surface area contributed by atoms with Crippen molar-refractivity contribution in [3.8, 4) is 0 Å². The summed E-state index contributed by atoms with van der Waals surface area (Å²) in [5.74, 6) is 0. The lowest BCUT2D eigenvalue weighted by atomic mass is 10.2. The molecule has 0 fully saturated rings. The minimum Gasteiger partial charge on any atom is -0.418 e. The van der Waals surface area contributed by atoms with Gasteiger partial charge >= 0.3 is 7.25 Å². The van der Waals surface area contributed by atoms with Gasteiger partial charge in [-0.1, -0.05) is 35.9 Å². The molecule has 1 aromatic carbocycles. The summed E-state index contributed by atoms with van der Waals surface area (Å²) in [6.45, 7) is 2.08. The predicted octanol–water partition coefficient (Wildman–Crippen LogP) is 1.57. The van der Waals surface area contributed by atoms with E-state index in [-0.39, 0.29) is 0 Å². The molecule has 1 aromatic rings. The molecular formula is C7H9BF4N2. The first kappa shape index (κ1) is 14.9. The molecule has 0 aliphatic heterocycles. The molecule has 78 valence electrons. The molecule has 0 aliphatic rings. The first-order valence-electron chi connectivity index (χ1n) is 3.51. The Morgan fingerprint density at radius 1 is 1.00 bits per heavy atom. The molecule has 1 N–H and O–H groups in total. The molecule has 7 heteroatoms. The molecule has 0 radical (unpaired) electrons. The van der Waals surface area contributed by atoms with Crippen molar-refractivity contribution in [1.29, 1.82) is 5.39 Å². The van der Waals surface area contributed by atoms with Crippen molar-refractivity contribution >= 4 is 7.25 Å². The van der Waals surface area contributed by atoms with Crippen molar-refractivity contribution in [2.75, 3.05) is 0 Å². The first-order valence-corrected chi connectivity index (χ1v) is 3.51. The fourth-order valence-electron chi connectivity index (χ4n) is 0.534. The molecule has 0 saturated heterocycles. The normalized spacial score (nSPS) is 8.79. The second-order valence-corrected chi connectivity index (χ2v) is 2.15. The first-order chi connectivity index (χ1) is 6.39. The molecule has 0 heterocycles. The van der Waals surface area contributed by atoms with Crippen molar-refractivity contribution < 1.29 is 22.7 Å². The summed E-state index contributed by atoms with van der Waals surface area (Å²) < 4.78 is 39.0. The third-order valence-corrected chi connectivity index (χ3v) is 0.940. The number of aryl methyl sites for hydroxylation is 1. The minimum atomic E-state index is -6.00. The third kappa shape index (κ3) is 22.4. The molecule has 0 spiro atoms. The highest BCUT2D eigenvalue weighted by Gasteiger charge is 2.20. The Hall–Kier alpha value is -1.58. The van der Waals surface area contributed by atoms with Gasteiger partial charge in [-0.05, 0) is 6.92 Å². The number of rotatable bonds is 0. The maximum Gasteiger partial charge on any atom is 0.673 e. The summed E-state index contributed by atoms with van der Waals surface area (Å²) in [5.41, 5.74) is 1.32. The number of benzene rings is 1. The Morgan fingerprint density at radius 2 is 1.29 bits per heavy atom. The van der Waals surface area contributed by atoms with Gasteiger partial charge in [-0.2, -0.15) is 0 Å². The van der Waals surface area contributed by atoms with Gasteiger partial charge < -0.3 is 17.3 Å². The Balaban J connectivity index is 0. The van der Waals surface area contributed by atoms with Crippen molar-refractivity contribution in [1.82, 2.24) is 0 Å². The van der Waals surface area contributed by atoms with E-state index in [0.717, 1.165) is 0 Å². The molecule has 0 unspecified atom stereocenters. The minimum absolute atomic E-state index is 1.32. The molecule has 0 amide bonds. The molecule has 0 aromatic heterocycles. The van der Waals surface area contributed by atoms with Gasteiger partial charge in [-0.15, -0.1) is 0 Å². The van der Waals surface area contributed by atoms with Crippen LogP contribution in [-0.2, 0) is 0 Å². The van der Waals surface area contributed by atoms with Gasteiger partial charge in [0.2, 0.25) is 5.39 Å². The monoisotopic (exact) mass is 208 g/mol. The molecule has 0 atom stereocenters. The second-order valence-electron chi connectivity index (χ2n) is 2.15. The van der Waals surface area contributed by atoms with Gasteiger partial charge in [0.05, 0.1) is 5.39 Å². The SMILES string of the molecule is Cc1ccccc1.F[B-](F)(F)F.N#[NH+]. The van der Waals surface area contributed by atoms with Crippen LogP contribution in [0.4, 0.5) is 17.3 Å². The topological polar surface area (TPSA) is 47.6 Å². The van der Waals surface area contributed by atoms with E-state index in [4.69, 9.17) is 10.8 Å². The second kappa shape index (κ2) is 8.04. The van der Waals surface area contributed by atoms with Crippen LogP contribution in [0.25, 0.3) is 0 Å². The van der Waals surface area contributed by atoms with E-state index in [9.17, 15) is 17.3 Å². The molecular weight excluding hydrogens is 199 g/mol. The lowest BCUT2D eigenvalue weighted by Gasteiger charge is -1.94. The largest absolute Gasteiger partial charge is 0.673 e. The van der Waals surface area contributed by atoms with E-state index in [0.29, 0.717) is 0 Å². The molecule has 2 nitrogen and oxygen atoms in total. The van der Waals surface area contributed by atoms with Crippen molar-refractivity contribution in [3.05, 3.63) is 35.9 Å². The zero-order valence-corrected chi connectivity index (χ0v) is 7.42. The van der Waals surface area contributed by atoms with Crippen molar-refractivity contribution in [3.63, 3.8) is 0 Å². The van der Waals surface area contributed by atoms with E-state index in [1.807, 2.05) is 18.2 Å². The Labute approximate surface area is 79.1 Å². The average Bonchev–Trinajstić information content (AvgIpc) is 2.06. The van der Waals surface area contributed by atoms with Crippen LogP contribution in [0.3, 0.4) is 0 Å². The van der Waals surface area contributed by atoms with E-state index in [2.05, 4.69) is 19.1 Å². The fourth-order valence-corrected chi connectivity index (χ4v) is 0.534. The summed E-state index contributed by atoms with van der Waals surface area (Å²) >= 11 is 0. The summed E-state index contributed by atoms with van der Waals surface area (Å²) in [4.78, 5) is 0. The zero-order chi connectivity index (χ0) is 11.6. The van der Waals surface area contributed by atoms with Crippen molar-refractivity contribution in [2.24, 2.45) is 0 Å². The van der Waals surface area contributed by atoms with Gasteiger partial charge in [0, 0.05) is 0 Å². The number of halogens is 4. The van der Waals surface area contributed by atoms with E-state index < -0.39 is 7.25 Å². The predicted molar refractivity (Wildman–Crippen MR) is 44.1 cm³/mol. The van der Waals surface area contributed by atoms with Crippen LogP contribution in [0.2, 0.25) is 0 Å². The highest BCUT2D eigenvalue weighted by atomic mass is 19.5. The van der Waals surface area contributed by atoms with E-state index in [1.54, 1.807) is 0 Å². The Morgan fingerprint density at radius 3 is 1.43 bits per heavy atom. The highest BCUT2D eigenvalue weighted by Crippen LogP contribution is 2.06. The molecule has 0 aliphatic carbocycles. The number of hydrogen-bond acceptors (Lipinski definition) is 1. The summed E-state index contributed by atoms with van der Waals surface area (Å²) in [6.07, 6.45) is 0. The van der Waals surface area contributed by atoms with Crippen LogP contribution in [0, 0.1) is 12.3 Å². The van der Waals surface area contributed by atoms with Crippen LogP contribution in [0.1, 0.15) is 5.56 Å². The maximum atomic E-state index is 9.75. The zero-order valence-electron chi connectivity index (χ0n) is 7.42. The molecule has 1 rings (SSSR count). The number of diazo groups is 1. The lowest BCUT2D eigenvalue weighted by Crippen LogP contribution is -2.11. The Kier molecular flexibility index (Phi) is 8.57. The summed E-state index contributed by atoms with van der Waals surface area (Å²) in [5, 5.41) is 11.0. The fraction of sp³-hybridized carbons (Fsp3) is 0.143. The molecule has 0 saturated carbocycles. The van der Waals surface area contributed by atoms with E-state index in [1.165, 1.54) is 5.56 Å². The summed E-state index contributed by atoms with van der Waals surface area (Å²) in [6, 6.07) is 10.3. The van der Waals surface area contributed by atoms with Crippen LogP contribution in [0.5, 0.6) is 0 Å². The molecule has 14 heavy (non-hydrogen) atoms. The van der Waals surface area contributed by atoms with Crippen molar-refractivity contribution in [2.45, 2.75) is 6.92 Å². The van der Waals surface area contributed by atoms with Crippen LogP contribution in [0.15, 0.2) is 30.3 Å². The van der Waals surface area contributed by atoms with E-state index >= 15 is 0 Å². The maximum absolute atomic E-state index is 9.75. The van der Waals surface area contributed by atoms with Gasteiger partial charge in [0.1, 0.15) is 0 Å². The van der Waals surface area contributed by atoms with Crippen LogP contribution >= 0.6 is 0 Å². The Bertz CT molecular complexity index is 241. The number of nitrogens with one attached hydrogen (secondary N) is 1. The third-order valence-electron chi connectivity index (χ3n) is 0.940.